The third-order valence-corrected chi connectivity index (χ3v) is 4.65. The maximum atomic E-state index is 12.6. The molecule has 3 aromatic rings. The molecule has 0 fully saturated rings. The molecule has 0 amide bonds. The molecule has 0 radical (unpaired) electrons. The molecule has 1 N–H and O–H groups in total. The number of allylic oxidation sites excluding steroid dienone is 1. The number of aliphatic hydroxyl groups is 1. The first-order valence-corrected chi connectivity index (χ1v) is 8.52. The molecule has 3 aromatic carbocycles. The fraction of sp³-hybridized carbons (Fsp3) is 0.0870. The molecule has 3 nitrogen and oxygen atoms in total. The van der Waals surface area contributed by atoms with Crippen molar-refractivity contribution in [1.29, 1.82) is 0 Å². The number of hydrogen-bond donors (Lipinski definition) is 1. The van der Waals surface area contributed by atoms with Crippen molar-refractivity contribution in [2.75, 3.05) is 0 Å². The molecule has 0 saturated carbocycles. The summed E-state index contributed by atoms with van der Waals surface area (Å²) >= 11 is 0. The number of carbonyl (C=O) groups excluding carboxylic acids is 1. The van der Waals surface area contributed by atoms with Gasteiger partial charge in [0, 0.05) is 28.2 Å². The largest absolute Gasteiger partial charge is 0.507 e. The van der Waals surface area contributed by atoms with Gasteiger partial charge in [-0.25, -0.2) is 0 Å². The van der Waals surface area contributed by atoms with Gasteiger partial charge in [0.25, 0.3) is 0 Å². The fourth-order valence-corrected chi connectivity index (χ4v) is 3.48. The van der Waals surface area contributed by atoms with Gasteiger partial charge in [-0.1, -0.05) is 66.7 Å². The minimum atomic E-state index is -0.381. The van der Waals surface area contributed by atoms with Crippen LogP contribution in [0.15, 0.2) is 84.4 Å². The Bertz CT molecular complexity index is 957. The molecule has 0 aromatic heterocycles. The summed E-state index contributed by atoms with van der Waals surface area (Å²) in [5, 5.41) is 11.0. The first-order chi connectivity index (χ1) is 12.7. The zero-order chi connectivity index (χ0) is 18.1. The second-order valence-electron chi connectivity index (χ2n) is 6.30. The van der Waals surface area contributed by atoms with Crippen molar-refractivity contribution < 1.29 is 14.6 Å². The van der Waals surface area contributed by atoms with Gasteiger partial charge >= 0.3 is 0 Å². The highest BCUT2D eigenvalue weighted by atomic mass is 16.5. The van der Waals surface area contributed by atoms with Gasteiger partial charge in [0.2, 0.25) is 0 Å². The standard InChI is InChI=1S/C23H18O3/c1-15(24)21(23(25)16-9-3-2-4-10-16)22-17-11-5-7-13-19(17)26-20-14-8-6-12-18(20)22/h2-14,22,25H,1H3/b23-21+. The number of ether oxygens (including phenoxy) is 1. The topological polar surface area (TPSA) is 46.5 Å². The normalized spacial score (nSPS) is 13.9. The van der Waals surface area contributed by atoms with E-state index in [0.717, 1.165) is 11.1 Å². The number of rotatable bonds is 3. The molecule has 0 atom stereocenters. The van der Waals surface area contributed by atoms with Crippen molar-refractivity contribution >= 4 is 11.5 Å². The zero-order valence-electron chi connectivity index (χ0n) is 14.3. The van der Waals surface area contributed by atoms with Gasteiger partial charge in [-0.3, -0.25) is 4.79 Å². The van der Waals surface area contributed by atoms with Gasteiger partial charge in [-0.15, -0.1) is 0 Å². The Morgan fingerprint density at radius 1 is 0.808 bits per heavy atom. The Labute approximate surface area is 152 Å². The highest BCUT2D eigenvalue weighted by Crippen LogP contribution is 2.48. The minimum Gasteiger partial charge on any atom is -0.507 e. The smallest absolute Gasteiger partial charge is 0.160 e. The highest BCUT2D eigenvalue weighted by molar-refractivity contribution is 6.02. The number of Topliss-reactive ketones (excluding diaryl/α,β-unsaturated/α-hetero) is 1. The Morgan fingerprint density at radius 2 is 1.31 bits per heavy atom. The molecule has 4 rings (SSSR count). The summed E-state index contributed by atoms with van der Waals surface area (Å²) < 4.78 is 6.01. The van der Waals surface area contributed by atoms with Gasteiger partial charge < -0.3 is 9.84 Å². The molecule has 0 bridgehead atoms. The van der Waals surface area contributed by atoms with Crippen molar-refractivity contribution in [2.24, 2.45) is 0 Å². The molecular weight excluding hydrogens is 324 g/mol. The van der Waals surface area contributed by atoms with Crippen LogP contribution in [0.4, 0.5) is 0 Å². The summed E-state index contributed by atoms with van der Waals surface area (Å²) in [6.07, 6.45) is 0. The monoisotopic (exact) mass is 342 g/mol. The molecule has 128 valence electrons. The van der Waals surface area contributed by atoms with Crippen molar-refractivity contribution in [2.45, 2.75) is 12.8 Å². The van der Waals surface area contributed by atoms with E-state index in [-0.39, 0.29) is 17.5 Å². The summed E-state index contributed by atoms with van der Waals surface area (Å²) in [6, 6.07) is 24.5. The molecule has 1 heterocycles. The Kier molecular flexibility index (Phi) is 4.05. The minimum absolute atomic E-state index is 0.00889. The lowest BCUT2D eigenvalue weighted by atomic mass is 9.79. The Hall–Kier alpha value is -3.33. The number of carbonyl (C=O) groups is 1. The summed E-state index contributed by atoms with van der Waals surface area (Å²) in [7, 11) is 0. The molecule has 26 heavy (non-hydrogen) atoms. The second kappa shape index (κ2) is 6.52. The van der Waals surface area contributed by atoms with Crippen molar-refractivity contribution in [3.63, 3.8) is 0 Å². The first-order valence-electron chi connectivity index (χ1n) is 8.52. The van der Waals surface area contributed by atoms with Crippen LogP contribution in [-0.4, -0.2) is 10.9 Å². The van der Waals surface area contributed by atoms with E-state index in [2.05, 4.69) is 0 Å². The first kappa shape index (κ1) is 16.2. The van der Waals surface area contributed by atoms with Gasteiger partial charge in [0.05, 0.1) is 0 Å². The maximum Gasteiger partial charge on any atom is 0.160 e. The lowest BCUT2D eigenvalue weighted by Gasteiger charge is -2.29. The zero-order valence-corrected chi connectivity index (χ0v) is 14.3. The molecule has 1 aliphatic heterocycles. The van der Waals surface area contributed by atoms with Gasteiger partial charge in [0.1, 0.15) is 17.3 Å². The van der Waals surface area contributed by atoms with E-state index in [4.69, 9.17) is 4.74 Å². The van der Waals surface area contributed by atoms with E-state index in [1.807, 2.05) is 66.7 Å². The van der Waals surface area contributed by atoms with E-state index < -0.39 is 0 Å². The van der Waals surface area contributed by atoms with Crippen LogP contribution < -0.4 is 4.74 Å². The van der Waals surface area contributed by atoms with E-state index in [1.54, 1.807) is 12.1 Å². The molecule has 0 saturated heterocycles. The lowest BCUT2D eigenvalue weighted by Crippen LogP contribution is -2.17. The SMILES string of the molecule is CC(=O)/C(=C(\O)c1ccccc1)C1c2ccccc2Oc2ccccc21. The van der Waals surface area contributed by atoms with E-state index in [1.165, 1.54) is 6.92 Å². The third kappa shape index (κ3) is 2.68. The fourth-order valence-electron chi connectivity index (χ4n) is 3.48. The average molecular weight is 342 g/mol. The highest BCUT2D eigenvalue weighted by Gasteiger charge is 2.33. The summed E-state index contributed by atoms with van der Waals surface area (Å²) in [4.78, 5) is 12.6. The Balaban J connectivity index is 2.00. The van der Waals surface area contributed by atoms with Crippen LogP contribution in [0.2, 0.25) is 0 Å². The Morgan fingerprint density at radius 3 is 1.85 bits per heavy atom. The molecule has 1 aliphatic rings. The quantitative estimate of drug-likeness (QED) is 0.506. The molecule has 3 heteroatoms. The van der Waals surface area contributed by atoms with Crippen LogP contribution in [0.3, 0.4) is 0 Å². The predicted octanol–water partition coefficient (Wildman–Crippen LogP) is 5.48. The van der Waals surface area contributed by atoms with Crippen LogP contribution in [0.5, 0.6) is 11.5 Å². The predicted molar refractivity (Wildman–Crippen MR) is 101 cm³/mol. The number of para-hydroxylation sites is 2. The second-order valence-corrected chi connectivity index (χ2v) is 6.30. The summed E-state index contributed by atoms with van der Waals surface area (Å²) in [5.41, 5.74) is 2.75. The number of hydrogen-bond acceptors (Lipinski definition) is 3. The van der Waals surface area contributed by atoms with E-state index >= 15 is 0 Å². The van der Waals surface area contributed by atoms with Crippen LogP contribution >= 0.6 is 0 Å². The number of fused-ring (bicyclic) bond motifs is 2. The number of benzene rings is 3. The average Bonchev–Trinajstić information content (AvgIpc) is 2.68. The number of aliphatic hydroxyl groups excluding tert-OH is 1. The molecule has 0 unspecified atom stereocenters. The van der Waals surface area contributed by atoms with Crippen molar-refractivity contribution in [3.8, 4) is 11.5 Å². The summed E-state index contributed by atoms with van der Waals surface area (Å²) in [6.45, 7) is 1.50. The number of ketones is 1. The van der Waals surface area contributed by atoms with E-state index in [0.29, 0.717) is 22.6 Å². The van der Waals surface area contributed by atoms with Crippen molar-refractivity contribution in [1.82, 2.24) is 0 Å². The summed E-state index contributed by atoms with van der Waals surface area (Å²) in [5.74, 6) is 0.873. The lowest BCUT2D eigenvalue weighted by molar-refractivity contribution is -0.113. The van der Waals surface area contributed by atoms with Gasteiger partial charge in [-0.2, -0.15) is 0 Å². The molecule has 0 aliphatic carbocycles. The van der Waals surface area contributed by atoms with Gasteiger partial charge in [0.15, 0.2) is 5.78 Å². The molecule has 0 spiro atoms. The van der Waals surface area contributed by atoms with Crippen LogP contribution in [0.1, 0.15) is 29.5 Å². The van der Waals surface area contributed by atoms with Crippen LogP contribution in [0.25, 0.3) is 5.76 Å². The van der Waals surface area contributed by atoms with Crippen LogP contribution in [0, 0.1) is 0 Å². The van der Waals surface area contributed by atoms with Gasteiger partial charge in [-0.05, 0) is 19.1 Å². The molecular formula is C23H18O3. The van der Waals surface area contributed by atoms with E-state index in [9.17, 15) is 9.90 Å². The third-order valence-electron chi connectivity index (χ3n) is 4.65. The van der Waals surface area contributed by atoms with Crippen LogP contribution in [-0.2, 0) is 4.79 Å². The maximum absolute atomic E-state index is 12.6. The van der Waals surface area contributed by atoms with Crippen molar-refractivity contribution in [3.05, 3.63) is 101 Å².